The van der Waals surface area contributed by atoms with Crippen molar-refractivity contribution in [1.29, 1.82) is 0 Å². The Balaban J connectivity index is 2.24. The van der Waals surface area contributed by atoms with E-state index in [4.69, 9.17) is 0 Å². The second kappa shape index (κ2) is 6.75. The molecule has 1 N–H and O–H groups in total. The molecule has 2 rings (SSSR count). The summed E-state index contributed by atoms with van der Waals surface area (Å²) in [6.07, 6.45) is 3.13. The number of nitrogens with one attached hydrogen (secondary N) is 1. The van der Waals surface area contributed by atoms with Crippen molar-refractivity contribution in [3.05, 3.63) is 55.1 Å². The highest BCUT2D eigenvalue weighted by atomic mass is 32.1. The summed E-state index contributed by atoms with van der Waals surface area (Å²) in [5, 5.41) is 26.3. The van der Waals surface area contributed by atoms with Crippen molar-refractivity contribution < 1.29 is 14.6 Å². The first-order chi connectivity index (χ1) is 10.9. The lowest BCUT2D eigenvalue weighted by molar-refractivity contribution is -0.422. The van der Waals surface area contributed by atoms with E-state index in [0.717, 1.165) is 12.1 Å². The molecule has 118 valence electrons. The molecule has 0 saturated carbocycles. The summed E-state index contributed by atoms with van der Waals surface area (Å²) in [7, 11) is 0. The lowest BCUT2D eigenvalue weighted by Gasteiger charge is -1.96. The fourth-order valence-electron chi connectivity index (χ4n) is 1.70. The van der Waals surface area contributed by atoms with Crippen LogP contribution in [0, 0.1) is 20.2 Å². The maximum absolute atomic E-state index is 10.9. The second-order valence-corrected chi connectivity index (χ2v) is 5.21. The van der Waals surface area contributed by atoms with Crippen molar-refractivity contribution in [3.63, 3.8) is 0 Å². The topological polar surface area (TPSA) is 128 Å². The van der Waals surface area contributed by atoms with Gasteiger partial charge < -0.3 is 5.32 Å². The molecule has 1 amide bonds. The molecule has 9 nitrogen and oxygen atoms in total. The summed E-state index contributed by atoms with van der Waals surface area (Å²) in [4.78, 5) is 35.1. The molecule has 0 radical (unpaired) electrons. The summed E-state index contributed by atoms with van der Waals surface area (Å²) in [6.45, 7) is 1.37. The number of thiazole rings is 1. The summed E-state index contributed by atoms with van der Waals surface area (Å²) in [6, 6.07) is 3.61. The minimum atomic E-state index is -0.800. The lowest BCUT2D eigenvalue weighted by atomic mass is 10.1. The van der Waals surface area contributed by atoms with Gasteiger partial charge in [-0.3, -0.25) is 25.0 Å². The molecule has 23 heavy (non-hydrogen) atoms. The van der Waals surface area contributed by atoms with Crippen LogP contribution in [0.1, 0.15) is 18.2 Å². The number of anilines is 1. The molecule has 1 heterocycles. The van der Waals surface area contributed by atoms with E-state index in [1.165, 1.54) is 24.3 Å². The standard InChI is InChI=1S/C13H10N4O5S/c1-8(18)14-13-15-10(7-23-13)4-2-9-3-5-11(16(19)20)12(6-9)17(21)22/h2-7H,1H3,(H,14,15,18)/b4-2+. The van der Waals surface area contributed by atoms with Gasteiger partial charge in [-0.25, -0.2) is 4.98 Å². The summed E-state index contributed by atoms with van der Waals surface area (Å²) < 4.78 is 0. The molecule has 0 aliphatic heterocycles. The molecule has 10 heteroatoms. The van der Waals surface area contributed by atoms with Crippen LogP contribution in [-0.4, -0.2) is 20.7 Å². The zero-order chi connectivity index (χ0) is 17.0. The third kappa shape index (κ3) is 4.17. The first-order valence-electron chi connectivity index (χ1n) is 6.21. The van der Waals surface area contributed by atoms with Crippen LogP contribution in [0.4, 0.5) is 16.5 Å². The Hall–Kier alpha value is -3.14. The van der Waals surface area contributed by atoms with Gasteiger partial charge in [-0.2, -0.15) is 0 Å². The van der Waals surface area contributed by atoms with Gasteiger partial charge in [0.05, 0.1) is 15.5 Å². The Labute approximate surface area is 133 Å². The van der Waals surface area contributed by atoms with Crippen LogP contribution in [0.2, 0.25) is 0 Å². The third-order valence-corrected chi connectivity index (χ3v) is 3.42. The van der Waals surface area contributed by atoms with Crippen LogP contribution in [0.25, 0.3) is 12.2 Å². The summed E-state index contributed by atoms with van der Waals surface area (Å²) in [5.41, 5.74) is -0.153. The number of carbonyl (C=O) groups excluding carboxylic acids is 1. The SMILES string of the molecule is CC(=O)Nc1nc(/C=C/c2ccc([N+](=O)[O-])c([N+](=O)[O-])c2)cs1. The Kier molecular flexibility index (Phi) is 4.76. The van der Waals surface area contributed by atoms with E-state index < -0.39 is 21.2 Å². The molecule has 1 aromatic heterocycles. The van der Waals surface area contributed by atoms with Crippen LogP contribution < -0.4 is 5.32 Å². The van der Waals surface area contributed by atoms with Crippen molar-refractivity contribution in [2.24, 2.45) is 0 Å². The van der Waals surface area contributed by atoms with E-state index in [2.05, 4.69) is 10.3 Å². The maximum atomic E-state index is 10.9. The van der Waals surface area contributed by atoms with Gasteiger partial charge in [0.15, 0.2) is 5.13 Å². The Morgan fingerprint density at radius 3 is 2.52 bits per heavy atom. The third-order valence-electron chi connectivity index (χ3n) is 2.64. The molecule has 1 aromatic carbocycles. The van der Waals surface area contributed by atoms with Crippen molar-refractivity contribution in [3.8, 4) is 0 Å². The molecule has 0 aliphatic rings. The average molecular weight is 334 g/mol. The highest BCUT2D eigenvalue weighted by Crippen LogP contribution is 2.28. The van der Waals surface area contributed by atoms with Crippen LogP contribution >= 0.6 is 11.3 Å². The van der Waals surface area contributed by atoms with E-state index >= 15 is 0 Å². The molecular formula is C13H10N4O5S. The van der Waals surface area contributed by atoms with Gasteiger partial charge in [-0.05, 0) is 17.7 Å². The number of nitrogens with zero attached hydrogens (tertiary/aromatic N) is 3. The first kappa shape index (κ1) is 16.2. The van der Waals surface area contributed by atoms with E-state index in [1.807, 2.05) is 0 Å². The average Bonchev–Trinajstić information content (AvgIpc) is 2.91. The molecule has 0 bridgehead atoms. The van der Waals surface area contributed by atoms with Gasteiger partial charge in [0.1, 0.15) is 0 Å². The van der Waals surface area contributed by atoms with E-state index in [9.17, 15) is 25.0 Å². The number of amides is 1. The molecule has 0 saturated heterocycles. The van der Waals surface area contributed by atoms with Crippen LogP contribution in [-0.2, 0) is 4.79 Å². The smallest absolute Gasteiger partial charge is 0.302 e. The zero-order valence-corrected chi connectivity index (χ0v) is 12.6. The Morgan fingerprint density at radius 1 is 1.22 bits per heavy atom. The van der Waals surface area contributed by atoms with Gasteiger partial charge in [-0.1, -0.05) is 6.08 Å². The molecular weight excluding hydrogens is 324 g/mol. The number of hydrogen-bond donors (Lipinski definition) is 1. The molecule has 0 aliphatic carbocycles. The molecule has 2 aromatic rings. The molecule has 0 spiro atoms. The number of rotatable bonds is 5. The number of benzene rings is 1. The van der Waals surface area contributed by atoms with Gasteiger partial charge in [0, 0.05) is 24.4 Å². The highest BCUT2D eigenvalue weighted by molar-refractivity contribution is 7.14. The number of carbonyl (C=O) groups is 1. The largest absolute Gasteiger partial charge is 0.346 e. The van der Waals surface area contributed by atoms with Crippen LogP contribution in [0.15, 0.2) is 23.6 Å². The predicted octanol–water partition coefficient (Wildman–Crippen LogP) is 3.09. The number of hydrogen-bond acceptors (Lipinski definition) is 7. The summed E-state index contributed by atoms with van der Waals surface area (Å²) >= 11 is 1.24. The first-order valence-corrected chi connectivity index (χ1v) is 7.09. The van der Waals surface area contributed by atoms with Gasteiger partial charge >= 0.3 is 11.4 Å². The lowest BCUT2D eigenvalue weighted by Crippen LogP contribution is -2.04. The van der Waals surface area contributed by atoms with Gasteiger partial charge in [0.2, 0.25) is 5.91 Å². The monoisotopic (exact) mass is 334 g/mol. The zero-order valence-electron chi connectivity index (χ0n) is 11.8. The normalized spacial score (nSPS) is 10.7. The summed E-state index contributed by atoms with van der Waals surface area (Å²) in [5.74, 6) is -0.235. The van der Waals surface area contributed by atoms with Crippen molar-refractivity contribution in [1.82, 2.24) is 4.98 Å². The number of aromatic nitrogens is 1. The second-order valence-electron chi connectivity index (χ2n) is 4.35. The predicted molar refractivity (Wildman–Crippen MR) is 85.1 cm³/mol. The van der Waals surface area contributed by atoms with Crippen LogP contribution in [0.5, 0.6) is 0 Å². The quantitative estimate of drug-likeness (QED) is 0.661. The van der Waals surface area contributed by atoms with Gasteiger partial charge in [-0.15, -0.1) is 11.3 Å². The number of nitro benzene ring substituents is 2. The van der Waals surface area contributed by atoms with E-state index in [-0.39, 0.29) is 5.91 Å². The van der Waals surface area contributed by atoms with Gasteiger partial charge in [0.25, 0.3) is 0 Å². The molecule has 0 unspecified atom stereocenters. The van der Waals surface area contributed by atoms with E-state index in [1.54, 1.807) is 17.5 Å². The fraction of sp³-hybridized carbons (Fsp3) is 0.0769. The minimum absolute atomic E-state index is 0.235. The highest BCUT2D eigenvalue weighted by Gasteiger charge is 2.23. The maximum Gasteiger partial charge on any atom is 0.346 e. The van der Waals surface area contributed by atoms with E-state index in [0.29, 0.717) is 16.4 Å². The van der Waals surface area contributed by atoms with Crippen molar-refractivity contribution in [2.45, 2.75) is 6.92 Å². The molecule has 0 atom stereocenters. The Bertz CT molecular complexity index is 814. The van der Waals surface area contributed by atoms with Crippen molar-refractivity contribution in [2.75, 3.05) is 5.32 Å². The minimum Gasteiger partial charge on any atom is -0.302 e. The van der Waals surface area contributed by atoms with Crippen LogP contribution in [0.3, 0.4) is 0 Å². The number of nitro groups is 2. The van der Waals surface area contributed by atoms with Crippen molar-refractivity contribution >= 4 is 45.9 Å². The fourth-order valence-corrected chi connectivity index (χ4v) is 2.42. The Morgan fingerprint density at radius 2 is 1.91 bits per heavy atom. The molecule has 0 fully saturated rings.